The number of halogens is 2. The normalized spacial score (nSPS) is 15.7. The lowest BCUT2D eigenvalue weighted by Gasteiger charge is -2.29. The Bertz CT molecular complexity index is 1150. The van der Waals surface area contributed by atoms with Crippen LogP contribution in [0.5, 0.6) is 0 Å². The fourth-order valence-electron chi connectivity index (χ4n) is 3.54. The van der Waals surface area contributed by atoms with E-state index in [0.29, 0.717) is 27.3 Å². The highest BCUT2D eigenvalue weighted by atomic mass is 35.5. The van der Waals surface area contributed by atoms with Crippen LogP contribution in [0.3, 0.4) is 0 Å². The fraction of sp³-hybridized carbons (Fsp3) is 0.190. The SMILES string of the molecule is CC1=C(C(=O)Nc2ccc(C)cc2C)[C@@H](c2ccc(Cl)cc2Cl)n2ncnc2N1. The van der Waals surface area contributed by atoms with Gasteiger partial charge in [0.05, 0.1) is 5.57 Å². The van der Waals surface area contributed by atoms with Crippen molar-refractivity contribution in [2.75, 3.05) is 10.6 Å². The molecule has 2 aromatic carbocycles. The van der Waals surface area contributed by atoms with Crippen LogP contribution >= 0.6 is 23.2 Å². The molecule has 0 saturated carbocycles. The minimum Gasteiger partial charge on any atom is -0.328 e. The second-order valence-corrected chi connectivity index (χ2v) is 7.88. The number of rotatable bonds is 3. The molecule has 2 N–H and O–H groups in total. The summed E-state index contributed by atoms with van der Waals surface area (Å²) in [7, 11) is 0. The summed E-state index contributed by atoms with van der Waals surface area (Å²) in [6.07, 6.45) is 1.44. The average Bonchev–Trinajstić information content (AvgIpc) is 3.11. The number of aryl methyl sites for hydroxylation is 2. The largest absolute Gasteiger partial charge is 0.328 e. The average molecular weight is 428 g/mol. The van der Waals surface area contributed by atoms with Gasteiger partial charge in [-0.2, -0.15) is 10.1 Å². The minimum absolute atomic E-state index is 0.237. The van der Waals surface area contributed by atoms with Gasteiger partial charge in [0.2, 0.25) is 5.95 Å². The van der Waals surface area contributed by atoms with Gasteiger partial charge < -0.3 is 10.6 Å². The first-order chi connectivity index (χ1) is 13.8. The summed E-state index contributed by atoms with van der Waals surface area (Å²) in [5, 5.41) is 11.5. The lowest BCUT2D eigenvalue weighted by molar-refractivity contribution is -0.113. The van der Waals surface area contributed by atoms with Crippen LogP contribution in [0.4, 0.5) is 11.6 Å². The first-order valence-corrected chi connectivity index (χ1v) is 9.81. The van der Waals surface area contributed by atoms with Crippen LogP contribution in [0.1, 0.15) is 29.7 Å². The molecule has 0 aliphatic carbocycles. The van der Waals surface area contributed by atoms with Gasteiger partial charge in [0, 0.05) is 27.0 Å². The number of benzene rings is 2. The molecule has 1 atom stereocenters. The van der Waals surface area contributed by atoms with Crippen molar-refractivity contribution >= 4 is 40.7 Å². The van der Waals surface area contributed by atoms with E-state index in [2.05, 4.69) is 20.7 Å². The Hall–Kier alpha value is -2.83. The van der Waals surface area contributed by atoms with E-state index in [-0.39, 0.29) is 5.91 Å². The molecule has 8 heteroatoms. The zero-order chi connectivity index (χ0) is 20.7. The zero-order valence-electron chi connectivity index (χ0n) is 16.1. The molecule has 0 fully saturated rings. The first kappa shape index (κ1) is 19.5. The number of amides is 1. The molecule has 4 rings (SSSR count). The van der Waals surface area contributed by atoms with Crippen molar-refractivity contribution in [3.8, 4) is 0 Å². The van der Waals surface area contributed by atoms with E-state index in [0.717, 1.165) is 22.4 Å². The molecule has 1 aliphatic heterocycles. The molecular weight excluding hydrogens is 409 g/mol. The van der Waals surface area contributed by atoms with Crippen molar-refractivity contribution in [3.63, 3.8) is 0 Å². The Kier molecular flexibility index (Phi) is 5.06. The van der Waals surface area contributed by atoms with E-state index in [1.807, 2.05) is 45.0 Å². The Morgan fingerprint density at radius 2 is 1.93 bits per heavy atom. The van der Waals surface area contributed by atoms with Gasteiger partial charge >= 0.3 is 0 Å². The number of hydrogen-bond donors (Lipinski definition) is 2. The second-order valence-electron chi connectivity index (χ2n) is 7.03. The van der Waals surface area contributed by atoms with Gasteiger partial charge in [0.25, 0.3) is 5.91 Å². The third-order valence-electron chi connectivity index (χ3n) is 4.93. The van der Waals surface area contributed by atoms with E-state index in [9.17, 15) is 4.79 Å². The summed E-state index contributed by atoms with van der Waals surface area (Å²) >= 11 is 12.6. The van der Waals surface area contributed by atoms with Gasteiger partial charge in [-0.15, -0.1) is 0 Å². The molecule has 0 bridgehead atoms. The van der Waals surface area contributed by atoms with Crippen LogP contribution in [0, 0.1) is 13.8 Å². The van der Waals surface area contributed by atoms with Crippen LogP contribution in [0.25, 0.3) is 0 Å². The van der Waals surface area contributed by atoms with Crippen molar-refractivity contribution in [2.45, 2.75) is 26.8 Å². The molecule has 29 heavy (non-hydrogen) atoms. The summed E-state index contributed by atoms with van der Waals surface area (Å²) in [6.45, 7) is 5.82. The van der Waals surface area contributed by atoms with Gasteiger partial charge in [-0.3, -0.25) is 4.79 Å². The van der Waals surface area contributed by atoms with Crippen molar-refractivity contribution in [1.29, 1.82) is 0 Å². The summed E-state index contributed by atoms with van der Waals surface area (Å²) < 4.78 is 1.65. The van der Waals surface area contributed by atoms with Gasteiger partial charge in [0.15, 0.2) is 0 Å². The van der Waals surface area contributed by atoms with Gasteiger partial charge in [-0.05, 0) is 44.5 Å². The molecule has 0 unspecified atom stereocenters. The first-order valence-electron chi connectivity index (χ1n) is 9.06. The second kappa shape index (κ2) is 7.54. The number of hydrogen-bond acceptors (Lipinski definition) is 4. The molecule has 1 amide bonds. The maximum atomic E-state index is 13.4. The van der Waals surface area contributed by atoms with Crippen molar-refractivity contribution in [1.82, 2.24) is 14.8 Å². The molecule has 0 saturated heterocycles. The fourth-order valence-corrected chi connectivity index (χ4v) is 4.05. The van der Waals surface area contributed by atoms with Gasteiger partial charge in [-0.1, -0.05) is 47.0 Å². The van der Waals surface area contributed by atoms with Gasteiger partial charge in [0.1, 0.15) is 12.4 Å². The molecule has 1 aliphatic rings. The molecule has 3 aromatic rings. The highest BCUT2D eigenvalue weighted by molar-refractivity contribution is 6.35. The van der Waals surface area contributed by atoms with Crippen LogP contribution in [0.2, 0.25) is 10.0 Å². The van der Waals surface area contributed by atoms with Crippen LogP contribution in [-0.2, 0) is 4.79 Å². The summed E-state index contributed by atoms with van der Waals surface area (Å²) in [4.78, 5) is 17.6. The number of allylic oxidation sites excluding steroid dienone is 1. The minimum atomic E-state index is -0.538. The maximum absolute atomic E-state index is 13.4. The smallest absolute Gasteiger partial charge is 0.255 e. The van der Waals surface area contributed by atoms with Crippen LogP contribution in [-0.4, -0.2) is 20.7 Å². The molecule has 1 aromatic heterocycles. The van der Waals surface area contributed by atoms with Crippen molar-refractivity contribution in [3.05, 3.63) is 80.7 Å². The number of carbonyl (C=O) groups is 1. The number of nitrogens with zero attached hydrogens (tertiary/aromatic N) is 3. The van der Waals surface area contributed by atoms with Crippen molar-refractivity contribution < 1.29 is 4.79 Å². The lowest BCUT2D eigenvalue weighted by atomic mass is 9.94. The highest BCUT2D eigenvalue weighted by Crippen LogP contribution is 2.39. The van der Waals surface area contributed by atoms with E-state index in [1.54, 1.807) is 16.8 Å². The summed E-state index contributed by atoms with van der Waals surface area (Å²) in [6, 6.07) is 10.6. The molecule has 0 spiro atoms. The van der Waals surface area contributed by atoms with E-state index >= 15 is 0 Å². The number of nitrogens with one attached hydrogen (secondary N) is 2. The molecule has 6 nitrogen and oxygen atoms in total. The number of anilines is 2. The highest BCUT2D eigenvalue weighted by Gasteiger charge is 2.34. The third kappa shape index (κ3) is 3.61. The molecular formula is C21H19Cl2N5O. The Morgan fingerprint density at radius 1 is 1.14 bits per heavy atom. The zero-order valence-corrected chi connectivity index (χ0v) is 17.6. The Balaban J connectivity index is 1.79. The molecule has 0 radical (unpaired) electrons. The number of carbonyl (C=O) groups excluding carboxylic acids is 1. The standard InChI is InChI=1S/C21H19Cl2N5O/c1-11-4-7-17(12(2)8-11)27-20(29)18-13(3)26-21-24-10-25-28(21)19(18)15-6-5-14(22)9-16(15)23/h4-10,19H,1-3H3,(H,27,29)(H,24,25,26)/t19-/m1/s1. The lowest BCUT2D eigenvalue weighted by Crippen LogP contribution is -2.31. The predicted molar refractivity (Wildman–Crippen MR) is 115 cm³/mol. The number of aromatic nitrogens is 3. The molecule has 2 heterocycles. The van der Waals surface area contributed by atoms with Crippen molar-refractivity contribution in [2.24, 2.45) is 0 Å². The van der Waals surface area contributed by atoms with Crippen LogP contribution < -0.4 is 10.6 Å². The quantitative estimate of drug-likeness (QED) is 0.607. The topological polar surface area (TPSA) is 71.8 Å². The van der Waals surface area contributed by atoms with Crippen LogP contribution in [0.15, 0.2) is 54.0 Å². The molecule has 148 valence electrons. The Labute approximate surface area is 178 Å². The van der Waals surface area contributed by atoms with E-state index in [1.165, 1.54) is 6.33 Å². The third-order valence-corrected chi connectivity index (χ3v) is 5.49. The van der Waals surface area contributed by atoms with Gasteiger partial charge in [-0.25, -0.2) is 4.68 Å². The van der Waals surface area contributed by atoms with E-state index < -0.39 is 6.04 Å². The number of fused-ring (bicyclic) bond motifs is 1. The predicted octanol–water partition coefficient (Wildman–Crippen LogP) is 5.13. The van der Waals surface area contributed by atoms with E-state index in [4.69, 9.17) is 23.2 Å². The summed E-state index contributed by atoms with van der Waals surface area (Å²) in [5.74, 6) is 0.306. The maximum Gasteiger partial charge on any atom is 0.255 e. The Morgan fingerprint density at radius 3 is 2.66 bits per heavy atom. The monoisotopic (exact) mass is 427 g/mol. The summed E-state index contributed by atoms with van der Waals surface area (Å²) in [5.41, 5.74) is 4.79.